The highest BCUT2D eigenvalue weighted by Gasteiger charge is 2.19. The highest BCUT2D eigenvalue weighted by atomic mass is 32.1. The summed E-state index contributed by atoms with van der Waals surface area (Å²) in [7, 11) is 0. The van der Waals surface area contributed by atoms with Crippen LogP contribution in [0.15, 0.2) is 30.3 Å². The minimum Gasteiger partial charge on any atom is -0.490 e. The van der Waals surface area contributed by atoms with Gasteiger partial charge in [-0.25, -0.2) is 13.8 Å². The molecule has 2 aromatic carbocycles. The van der Waals surface area contributed by atoms with Crippen LogP contribution >= 0.6 is 11.3 Å². The lowest BCUT2D eigenvalue weighted by molar-refractivity contribution is -0.134. The number of amides is 2. The number of halogens is 2. The fraction of sp³-hybridized carbons (Fsp3) is 0.348. The van der Waals surface area contributed by atoms with E-state index in [1.54, 1.807) is 24.0 Å². The van der Waals surface area contributed by atoms with Crippen LogP contribution in [-0.2, 0) is 4.79 Å². The molecule has 0 spiro atoms. The molecule has 0 unspecified atom stereocenters. The molecule has 2 amide bonds. The summed E-state index contributed by atoms with van der Waals surface area (Å²) in [5.41, 5.74) is 0.538. The summed E-state index contributed by atoms with van der Waals surface area (Å²) in [4.78, 5) is 31.0. The monoisotopic (exact) mass is 475 g/mol. The number of hydrogen-bond donors (Lipinski definition) is 1. The third kappa shape index (κ3) is 5.39. The van der Waals surface area contributed by atoms with Gasteiger partial charge >= 0.3 is 0 Å². The summed E-state index contributed by atoms with van der Waals surface area (Å²) in [6.07, 6.45) is 3.13. The second kappa shape index (κ2) is 10.1. The van der Waals surface area contributed by atoms with Gasteiger partial charge < -0.3 is 14.4 Å². The van der Waals surface area contributed by atoms with Crippen LogP contribution in [0.3, 0.4) is 0 Å². The standard InChI is InChI=1S/C23H23F2N3O4S/c1-2-31-19-10-14(6-7-18(19)32-13-21(29)28-8-4-3-5-9-28)22(30)27-23-26-17-11-15(24)16(25)12-20(17)33-23/h6-7,10-12H,2-5,8-9,13H2,1H3,(H,26,27,30). The predicted molar refractivity (Wildman–Crippen MR) is 121 cm³/mol. The van der Waals surface area contributed by atoms with E-state index in [-0.39, 0.29) is 28.7 Å². The fourth-order valence-corrected chi connectivity index (χ4v) is 4.42. The van der Waals surface area contributed by atoms with Crippen molar-refractivity contribution in [2.75, 3.05) is 31.6 Å². The number of ether oxygens (including phenoxy) is 2. The number of piperidine rings is 1. The quantitative estimate of drug-likeness (QED) is 0.540. The van der Waals surface area contributed by atoms with Crippen molar-refractivity contribution in [2.24, 2.45) is 0 Å². The highest BCUT2D eigenvalue weighted by Crippen LogP contribution is 2.31. The van der Waals surface area contributed by atoms with E-state index in [9.17, 15) is 18.4 Å². The number of carbonyl (C=O) groups is 2. The SMILES string of the molecule is CCOc1cc(C(=O)Nc2nc3cc(F)c(F)cc3s2)ccc1OCC(=O)N1CCCCC1. The molecular weight excluding hydrogens is 452 g/mol. The topological polar surface area (TPSA) is 80.8 Å². The molecule has 3 aromatic rings. The number of anilines is 1. The molecule has 0 bridgehead atoms. The van der Waals surface area contributed by atoms with Gasteiger partial charge in [0, 0.05) is 24.7 Å². The molecule has 174 valence electrons. The molecule has 1 aromatic heterocycles. The van der Waals surface area contributed by atoms with Gasteiger partial charge in [0.25, 0.3) is 11.8 Å². The summed E-state index contributed by atoms with van der Waals surface area (Å²) in [5, 5.41) is 2.85. The number of carbonyl (C=O) groups excluding carboxylic acids is 2. The van der Waals surface area contributed by atoms with Crippen LogP contribution in [0.25, 0.3) is 10.2 Å². The van der Waals surface area contributed by atoms with E-state index in [1.807, 2.05) is 0 Å². The molecular formula is C23H23F2N3O4S. The van der Waals surface area contributed by atoms with E-state index in [0.717, 1.165) is 55.8 Å². The number of nitrogens with one attached hydrogen (secondary N) is 1. The Morgan fingerprint density at radius 3 is 2.58 bits per heavy atom. The molecule has 0 aliphatic carbocycles. The number of rotatable bonds is 7. The molecule has 33 heavy (non-hydrogen) atoms. The Balaban J connectivity index is 1.45. The fourth-order valence-electron chi connectivity index (χ4n) is 3.56. The first kappa shape index (κ1) is 22.9. The van der Waals surface area contributed by atoms with Gasteiger partial charge in [-0.1, -0.05) is 11.3 Å². The van der Waals surface area contributed by atoms with Crippen LogP contribution in [0.2, 0.25) is 0 Å². The average molecular weight is 476 g/mol. The number of benzene rings is 2. The van der Waals surface area contributed by atoms with Crippen molar-refractivity contribution < 1.29 is 27.8 Å². The predicted octanol–water partition coefficient (Wildman–Crippen LogP) is 4.62. The van der Waals surface area contributed by atoms with Crippen LogP contribution in [0.4, 0.5) is 13.9 Å². The summed E-state index contributed by atoms with van der Waals surface area (Å²) in [6, 6.07) is 6.67. The first-order valence-corrected chi connectivity index (χ1v) is 11.5. The highest BCUT2D eigenvalue weighted by molar-refractivity contribution is 7.22. The molecule has 1 N–H and O–H groups in total. The van der Waals surface area contributed by atoms with E-state index in [4.69, 9.17) is 9.47 Å². The molecule has 2 heterocycles. The van der Waals surface area contributed by atoms with Crippen LogP contribution in [-0.4, -0.2) is 48.0 Å². The second-order valence-corrected chi connectivity index (χ2v) is 8.56. The zero-order valence-corrected chi connectivity index (χ0v) is 18.8. The van der Waals surface area contributed by atoms with Gasteiger partial charge in [0.05, 0.1) is 16.8 Å². The molecule has 7 nitrogen and oxygen atoms in total. The van der Waals surface area contributed by atoms with Gasteiger partial charge in [-0.3, -0.25) is 14.9 Å². The number of fused-ring (bicyclic) bond motifs is 1. The molecule has 1 saturated heterocycles. The van der Waals surface area contributed by atoms with Crippen molar-refractivity contribution in [3.05, 3.63) is 47.5 Å². The van der Waals surface area contributed by atoms with E-state index in [0.29, 0.717) is 22.8 Å². The molecule has 0 saturated carbocycles. The lowest BCUT2D eigenvalue weighted by Gasteiger charge is -2.26. The van der Waals surface area contributed by atoms with Crippen LogP contribution in [0.5, 0.6) is 11.5 Å². The van der Waals surface area contributed by atoms with Crippen molar-refractivity contribution in [2.45, 2.75) is 26.2 Å². The number of aromatic nitrogens is 1. The lowest BCUT2D eigenvalue weighted by Crippen LogP contribution is -2.38. The summed E-state index contributed by atoms with van der Waals surface area (Å²) < 4.78 is 38.5. The Morgan fingerprint density at radius 1 is 1.06 bits per heavy atom. The molecule has 1 aliphatic rings. The van der Waals surface area contributed by atoms with Crippen molar-refractivity contribution >= 4 is 38.5 Å². The Hall–Kier alpha value is -3.27. The number of hydrogen-bond acceptors (Lipinski definition) is 6. The normalized spacial score (nSPS) is 13.7. The van der Waals surface area contributed by atoms with E-state index < -0.39 is 17.5 Å². The van der Waals surface area contributed by atoms with E-state index in [2.05, 4.69) is 10.3 Å². The van der Waals surface area contributed by atoms with E-state index >= 15 is 0 Å². The van der Waals surface area contributed by atoms with Crippen LogP contribution in [0, 0.1) is 11.6 Å². The van der Waals surface area contributed by atoms with Crippen molar-refractivity contribution in [1.29, 1.82) is 0 Å². The molecule has 0 atom stereocenters. The summed E-state index contributed by atoms with van der Waals surface area (Å²) >= 11 is 1.04. The molecule has 1 aliphatic heterocycles. The van der Waals surface area contributed by atoms with Crippen LogP contribution in [0.1, 0.15) is 36.5 Å². The van der Waals surface area contributed by atoms with Crippen molar-refractivity contribution in [3.8, 4) is 11.5 Å². The average Bonchev–Trinajstić information content (AvgIpc) is 3.19. The first-order valence-electron chi connectivity index (χ1n) is 10.7. The lowest BCUT2D eigenvalue weighted by atomic mass is 10.1. The van der Waals surface area contributed by atoms with Gasteiger partial charge in [0.1, 0.15) is 0 Å². The summed E-state index contributed by atoms with van der Waals surface area (Å²) in [6.45, 7) is 3.52. The maximum absolute atomic E-state index is 13.4. The van der Waals surface area contributed by atoms with Crippen molar-refractivity contribution in [3.63, 3.8) is 0 Å². The van der Waals surface area contributed by atoms with Gasteiger partial charge in [-0.05, 0) is 50.5 Å². The van der Waals surface area contributed by atoms with Gasteiger partial charge in [0.15, 0.2) is 34.9 Å². The van der Waals surface area contributed by atoms with Gasteiger partial charge in [-0.15, -0.1) is 0 Å². The Kier molecular flexibility index (Phi) is 7.02. The largest absolute Gasteiger partial charge is 0.490 e. The molecule has 4 rings (SSSR count). The molecule has 0 radical (unpaired) electrons. The minimum absolute atomic E-state index is 0.0809. The summed E-state index contributed by atoms with van der Waals surface area (Å²) in [5.74, 6) is -1.81. The van der Waals surface area contributed by atoms with Gasteiger partial charge in [-0.2, -0.15) is 0 Å². The Morgan fingerprint density at radius 2 is 1.82 bits per heavy atom. The maximum Gasteiger partial charge on any atom is 0.260 e. The molecule has 10 heteroatoms. The number of thiazole rings is 1. The number of nitrogens with zero attached hydrogens (tertiary/aromatic N) is 2. The zero-order valence-electron chi connectivity index (χ0n) is 18.0. The number of likely N-dealkylation sites (tertiary alicyclic amines) is 1. The minimum atomic E-state index is -0.999. The third-order valence-corrected chi connectivity index (χ3v) is 6.15. The molecule has 1 fully saturated rings. The second-order valence-electron chi connectivity index (χ2n) is 7.53. The van der Waals surface area contributed by atoms with E-state index in [1.165, 1.54) is 6.07 Å². The Labute approximate surface area is 193 Å². The van der Waals surface area contributed by atoms with Crippen LogP contribution < -0.4 is 14.8 Å². The zero-order chi connectivity index (χ0) is 23.4. The smallest absolute Gasteiger partial charge is 0.260 e. The van der Waals surface area contributed by atoms with Gasteiger partial charge in [0.2, 0.25) is 0 Å². The Bertz CT molecular complexity index is 1140. The third-order valence-electron chi connectivity index (χ3n) is 5.22. The first-order chi connectivity index (χ1) is 15.9. The van der Waals surface area contributed by atoms with Crippen molar-refractivity contribution in [1.82, 2.24) is 9.88 Å². The maximum atomic E-state index is 13.4.